The number of rotatable bonds is 3. The molecule has 2 heterocycles. The van der Waals surface area contributed by atoms with E-state index < -0.39 is 5.97 Å². The van der Waals surface area contributed by atoms with E-state index in [1.165, 1.54) is 13.3 Å². The number of esters is 1. The minimum atomic E-state index is -0.638. The van der Waals surface area contributed by atoms with Gasteiger partial charge in [-0.2, -0.15) is 0 Å². The molecule has 0 bridgehead atoms. The van der Waals surface area contributed by atoms with Crippen LogP contribution in [0.15, 0.2) is 47.4 Å². The fourth-order valence-corrected chi connectivity index (χ4v) is 2.74. The average molecular weight is 322 g/mol. The van der Waals surface area contributed by atoms with Crippen molar-refractivity contribution in [3.8, 4) is 0 Å². The van der Waals surface area contributed by atoms with E-state index in [4.69, 9.17) is 4.74 Å². The number of nitrogens with zero attached hydrogens (tertiary/aromatic N) is 2. The number of pyridine rings is 2. The zero-order chi connectivity index (χ0) is 17.3. The Morgan fingerprint density at radius 3 is 2.71 bits per heavy atom. The van der Waals surface area contributed by atoms with Gasteiger partial charge >= 0.3 is 5.97 Å². The molecule has 0 aliphatic heterocycles. The fourth-order valence-electron chi connectivity index (χ4n) is 2.74. The van der Waals surface area contributed by atoms with Gasteiger partial charge in [-0.25, -0.2) is 9.78 Å². The Morgan fingerprint density at radius 2 is 2.00 bits per heavy atom. The van der Waals surface area contributed by atoms with E-state index in [9.17, 15) is 9.59 Å². The van der Waals surface area contributed by atoms with Gasteiger partial charge in [0.25, 0.3) is 0 Å². The Morgan fingerprint density at radius 1 is 1.21 bits per heavy atom. The van der Waals surface area contributed by atoms with Gasteiger partial charge in [0.2, 0.25) is 5.43 Å². The van der Waals surface area contributed by atoms with E-state index in [1.54, 1.807) is 12.1 Å². The van der Waals surface area contributed by atoms with Crippen LogP contribution in [0.3, 0.4) is 0 Å². The van der Waals surface area contributed by atoms with Gasteiger partial charge in [0.05, 0.1) is 12.5 Å². The van der Waals surface area contributed by atoms with E-state index in [-0.39, 0.29) is 11.0 Å². The van der Waals surface area contributed by atoms with Crippen molar-refractivity contribution in [2.45, 2.75) is 20.4 Å². The predicted octanol–water partition coefficient (Wildman–Crippen LogP) is 2.85. The molecular formula is C19H18N2O3. The SMILES string of the molecule is COC(=O)c1cn(Cc2cccc(C)c2)c2nc(C)ccc2c1=O. The van der Waals surface area contributed by atoms with Crippen LogP contribution in [0.1, 0.15) is 27.2 Å². The average Bonchev–Trinajstić information content (AvgIpc) is 2.56. The second-order valence-corrected chi connectivity index (χ2v) is 5.80. The van der Waals surface area contributed by atoms with E-state index in [1.807, 2.05) is 36.6 Å². The number of carbonyl (C=O) groups is 1. The molecule has 0 unspecified atom stereocenters. The molecule has 0 saturated heterocycles. The molecule has 122 valence electrons. The van der Waals surface area contributed by atoms with E-state index in [2.05, 4.69) is 11.1 Å². The molecule has 0 fully saturated rings. The van der Waals surface area contributed by atoms with Crippen molar-refractivity contribution < 1.29 is 9.53 Å². The number of ether oxygens (including phenoxy) is 1. The molecule has 0 saturated carbocycles. The molecule has 0 N–H and O–H groups in total. The molecule has 0 aliphatic rings. The number of fused-ring (bicyclic) bond motifs is 1. The molecule has 0 spiro atoms. The lowest BCUT2D eigenvalue weighted by atomic mass is 10.1. The molecule has 5 nitrogen and oxygen atoms in total. The maximum Gasteiger partial charge on any atom is 0.343 e. The molecule has 0 aliphatic carbocycles. The largest absolute Gasteiger partial charge is 0.465 e. The molecule has 0 atom stereocenters. The number of aryl methyl sites for hydroxylation is 2. The van der Waals surface area contributed by atoms with E-state index >= 15 is 0 Å². The predicted molar refractivity (Wildman–Crippen MR) is 92.4 cm³/mol. The summed E-state index contributed by atoms with van der Waals surface area (Å²) < 4.78 is 6.57. The summed E-state index contributed by atoms with van der Waals surface area (Å²) in [5.74, 6) is -0.638. The van der Waals surface area contributed by atoms with Crippen LogP contribution < -0.4 is 5.43 Å². The van der Waals surface area contributed by atoms with Gasteiger partial charge < -0.3 is 9.30 Å². The Bertz CT molecular complexity index is 990. The summed E-state index contributed by atoms with van der Waals surface area (Å²) in [4.78, 5) is 29.0. The summed E-state index contributed by atoms with van der Waals surface area (Å²) in [5.41, 5.74) is 3.25. The van der Waals surface area contributed by atoms with Gasteiger partial charge in [-0.15, -0.1) is 0 Å². The summed E-state index contributed by atoms with van der Waals surface area (Å²) in [5, 5.41) is 0.413. The minimum absolute atomic E-state index is 0.0170. The molecule has 1 aromatic carbocycles. The lowest BCUT2D eigenvalue weighted by Crippen LogP contribution is -2.21. The van der Waals surface area contributed by atoms with Crippen molar-refractivity contribution in [2.24, 2.45) is 0 Å². The first kappa shape index (κ1) is 15.9. The monoisotopic (exact) mass is 322 g/mol. The zero-order valence-corrected chi connectivity index (χ0v) is 13.9. The summed E-state index contributed by atoms with van der Waals surface area (Å²) in [6, 6.07) is 11.5. The van der Waals surface area contributed by atoms with Crippen molar-refractivity contribution in [3.63, 3.8) is 0 Å². The third-order valence-electron chi connectivity index (χ3n) is 3.90. The van der Waals surface area contributed by atoms with Gasteiger partial charge in [-0.05, 0) is 31.5 Å². The third kappa shape index (κ3) is 2.93. The van der Waals surface area contributed by atoms with Crippen molar-refractivity contribution in [1.29, 1.82) is 0 Å². The third-order valence-corrected chi connectivity index (χ3v) is 3.90. The zero-order valence-electron chi connectivity index (χ0n) is 13.9. The molecule has 0 radical (unpaired) electrons. The van der Waals surface area contributed by atoms with Crippen LogP contribution in [0, 0.1) is 13.8 Å². The number of aromatic nitrogens is 2. The summed E-state index contributed by atoms with van der Waals surface area (Å²) in [6.07, 6.45) is 1.53. The Hall–Kier alpha value is -2.95. The maximum absolute atomic E-state index is 12.5. The van der Waals surface area contributed by atoms with Crippen molar-refractivity contribution in [2.75, 3.05) is 7.11 Å². The van der Waals surface area contributed by atoms with Crippen LogP contribution in [0.4, 0.5) is 0 Å². The first-order valence-electron chi connectivity index (χ1n) is 7.64. The highest BCUT2D eigenvalue weighted by molar-refractivity contribution is 5.93. The second-order valence-electron chi connectivity index (χ2n) is 5.80. The van der Waals surface area contributed by atoms with Crippen molar-refractivity contribution in [1.82, 2.24) is 9.55 Å². The van der Waals surface area contributed by atoms with E-state index in [0.717, 1.165) is 16.8 Å². The van der Waals surface area contributed by atoms with Crippen LogP contribution in [-0.2, 0) is 11.3 Å². The lowest BCUT2D eigenvalue weighted by Gasteiger charge is -2.13. The number of methoxy groups -OCH3 is 1. The summed E-state index contributed by atoms with van der Waals surface area (Å²) >= 11 is 0. The fraction of sp³-hybridized carbons (Fsp3) is 0.211. The Balaban J connectivity index is 2.24. The lowest BCUT2D eigenvalue weighted by molar-refractivity contribution is 0.0598. The molecule has 3 aromatic rings. The van der Waals surface area contributed by atoms with Crippen LogP contribution in [0.5, 0.6) is 0 Å². The molecule has 0 amide bonds. The quantitative estimate of drug-likeness (QED) is 0.696. The summed E-state index contributed by atoms with van der Waals surface area (Å²) in [7, 11) is 1.27. The topological polar surface area (TPSA) is 61.2 Å². The molecule has 3 rings (SSSR count). The molecule has 2 aromatic heterocycles. The standard InChI is InChI=1S/C19H18N2O3/c1-12-5-4-6-14(9-12)10-21-11-16(19(23)24-3)17(22)15-8-7-13(2)20-18(15)21/h4-9,11H,10H2,1-3H3. The molecule has 24 heavy (non-hydrogen) atoms. The number of hydrogen-bond donors (Lipinski definition) is 0. The van der Waals surface area contributed by atoms with Gasteiger partial charge in [-0.3, -0.25) is 4.79 Å². The second kappa shape index (κ2) is 6.28. The Labute approximate surface area is 139 Å². The maximum atomic E-state index is 12.5. The number of benzene rings is 1. The smallest absolute Gasteiger partial charge is 0.343 e. The number of carbonyl (C=O) groups excluding carboxylic acids is 1. The van der Waals surface area contributed by atoms with E-state index in [0.29, 0.717) is 17.6 Å². The Kier molecular flexibility index (Phi) is 4.16. The van der Waals surface area contributed by atoms with Crippen LogP contribution in [0.2, 0.25) is 0 Å². The van der Waals surface area contributed by atoms with Gasteiger partial charge in [0, 0.05) is 18.4 Å². The normalized spacial score (nSPS) is 10.8. The van der Waals surface area contributed by atoms with Gasteiger partial charge in [0.1, 0.15) is 11.2 Å². The summed E-state index contributed by atoms with van der Waals surface area (Å²) in [6.45, 7) is 4.41. The van der Waals surface area contributed by atoms with Crippen LogP contribution in [-0.4, -0.2) is 22.6 Å². The van der Waals surface area contributed by atoms with Crippen LogP contribution >= 0.6 is 0 Å². The molecular weight excluding hydrogens is 304 g/mol. The highest BCUT2D eigenvalue weighted by atomic mass is 16.5. The minimum Gasteiger partial charge on any atom is -0.465 e. The number of hydrogen-bond acceptors (Lipinski definition) is 4. The van der Waals surface area contributed by atoms with Crippen molar-refractivity contribution in [3.05, 3.63) is 75.2 Å². The van der Waals surface area contributed by atoms with Gasteiger partial charge in [0.15, 0.2) is 0 Å². The van der Waals surface area contributed by atoms with Gasteiger partial charge in [-0.1, -0.05) is 29.8 Å². The highest BCUT2D eigenvalue weighted by Gasteiger charge is 2.17. The first-order valence-corrected chi connectivity index (χ1v) is 7.64. The highest BCUT2D eigenvalue weighted by Crippen LogP contribution is 2.14. The van der Waals surface area contributed by atoms with Crippen molar-refractivity contribution >= 4 is 17.0 Å². The van der Waals surface area contributed by atoms with Crippen LogP contribution in [0.25, 0.3) is 11.0 Å². The first-order chi connectivity index (χ1) is 11.5. The molecule has 5 heteroatoms.